The highest BCUT2D eigenvalue weighted by molar-refractivity contribution is 6.02. The molecule has 0 bridgehead atoms. The van der Waals surface area contributed by atoms with Gasteiger partial charge in [-0.05, 0) is 26.2 Å². The Morgan fingerprint density at radius 2 is 1.20 bits per heavy atom. The zero-order valence-corrected chi connectivity index (χ0v) is 19.1. The fraction of sp³-hybridized carbons (Fsp3) is 0.636. The van der Waals surface area contributed by atoms with E-state index in [0.29, 0.717) is 0 Å². The van der Waals surface area contributed by atoms with Crippen LogP contribution in [0, 0.1) is 0 Å². The lowest BCUT2D eigenvalue weighted by Crippen LogP contribution is -2.62. The second-order valence-electron chi connectivity index (χ2n) is 9.03. The summed E-state index contributed by atoms with van der Waals surface area (Å²) in [5, 5.41) is 0. The molecule has 2 aliphatic rings. The van der Waals surface area contributed by atoms with E-state index in [0.717, 1.165) is 39.0 Å². The smallest absolute Gasteiger partial charge is 0.270 e. The van der Waals surface area contributed by atoms with Crippen LogP contribution in [0.15, 0.2) is 24.3 Å². The van der Waals surface area contributed by atoms with Crippen LogP contribution in [0.2, 0.25) is 0 Å². The van der Waals surface area contributed by atoms with Crippen LogP contribution in [0.4, 0.5) is 0 Å². The highest BCUT2D eigenvalue weighted by atomic mass is 16.8. The third-order valence-electron chi connectivity index (χ3n) is 7.03. The highest BCUT2D eigenvalue weighted by Gasteiger charge is 2.43. The van der Waals surface area contributed by atoms with Crippen LogP contribution in [0.1, 0.15) is 47.4 Å². The Bertz CT molecular complexity index is 738. The summed E-state index contributed by atoms with van der Waals surface area (Å²) in [6.07, 6.45) is 1.96. The molecule has 2 saturated heterocycles. The maximum Gasteiger partial charge on any atom is 0.398 e. The summed E-state index contributed by atoms with van der Waals surface area (Å²) in [7, 11) is 7.88. The van der Waals surface area contributed by atoms with Crippen molar-refractivity contribution in [1.29, 1.82) is 0 Å². The van der Waals surface area contributed by atoms with E-state index in [1.165, 1.54) is 0 Å². The predicted molar refractivity (Wildman–Crippen MR) is 113 cm³/mol. The number of hydrogen-bond donors (Lipinski definition) is 0. The Balaban J connectivity index is 1.80. The number of nitrogens with zero attached hydrogens (tertiary/aromatic N) is 4. The molecule has 8 heteroatoms. The molecule has 0 aliphatic carbocycles. The largest absolute Gasteiger partial charge is 0.398 e. The first-order chi connectivity index (χ1) is 14.1. The van der Waals surface area contributed by atoms with E-state index in [1.54, 1.807) is 24.3 Å². The summed E-state index contributed by atoms with van der Waals surface area (Å²) < 4.78 is 0.322. The first-order valence-electron chi connectivity index (χ1n) is 10.8. The third kappa shape index (κ3) is 4.37. The summed E-state index contributed by atoms with van der Waals surface area (Å²) in [5.41, 5.74) is 0.485. The van der Waals surface area contributed by atoms with Gasteiger partial charge in [0.2, 0.25) is 0 Å². The Morgan fingerprint density at radius 1 is 0.833 bits per heavy atom. The molecule has 1 aromatic carbocycles. The molecule has 2 heterocycles. The molecule has 0 amide bonds. The van der Waals surface area contributed by atoms with Gasteiger partial charge in [0.25, 0.3) is 0 Å². The lowest BCUT2D eigenvalue weighted by molar-refractivity contribution is -1.10. The van der Waals surface area contributed by atoms with Gasteiger partial charge in [0.05, 0.1) is 11.1 Å². The van der Waals surface area contributed by atoms with Crippen LogP contribution >= 0.6 is 0 Å². The minimum absolute atomic E-state index is 0.0380. The predicted octanol–water partition coefficient (Wildman–Crippen LogP) is 2.09. The van der Waals surface area contributed by atoms with Crippen molar-refractivity contribution in [3.63, 3.8) is 0 Å². The maximum atomic E-state index is 13.1. The molecule has 2 fully saturated rings. The first kappa shape index (κ1) is 22.7. The average molecular weight is 421 g/mol. The second-order valence-corrected chi connectivity index (χ2v) is 9.03. The van der Waals surface area contributed by atoms with E-state index in [4.69, 9.17) is 9.68 Å². The SMILES string of the molecule is CC1N(C)CCC[N+]1(C)OC(=O)c1ccccc1C(=O)O[N+]1(C)CCCN(C)C1C. The number of hydroxylamine groups is 6. The Kier molecular flexibility index (Phi) is 6.52. The molecule has 30 heavy (non-hydrogen) atoms. The molecule has 1 aromatic rings. The van der Waals surface area contributed by atoms with E-state index in [2.05, 4.69) is 9.80 Å². The summed E-state index contributed by atoms with van der Waals surface area (Å²) in [5.74, 6) is -1.00. The van der Waals surface area contributed by atoms with Gasteiger partial charge in [0, 0.05) is 39.8 Å². The van der Waals surface area contributed by atoms with Gasteiger partial charge in [-0.1, -0.05) is 12.1 Å². The molecule has 0 spiro atoms. The second kappa shape index (κ2) is 8.63. The van der Waals surface area contributed by atoms with Crippen LogP contribution < -0.4 is 0 Å². The molecular formula is C22H36N4O4+2. The van der Waals surface area contributed by atoms with Crippen molar-refractivity contribution < 1.29 is 28.6 Å². The van der Waals surface area contributed by atoms with E-state index in [1.807, 2.05) is 42.0 Å². The molecule has 0 N–H and O–H groups in total. The first-order valence-corrected chi connectivity index (χ1v) is 10.8. The third-order valence-corrected chi connectivity index (χ3v) is 7.03. The van der Waals surface area contributed by atoms with Crippen molar-refractivity contribution in [2.24, 2.45) is 0 Å². The molecular weight excluding hydrogens is 384 g/mol. The van der Waals surface area contributed by atoms with Crippen molar-refractivity contribution in [2.45, 2.75) is 39.0 Å². The number of hydrogen-bond acceptors (Lipinski definition) is 6. The van der Waals surface area contributed by atoms with Gasteiger partial charge in [-0.2, -0.15) is 0 Å². The zero-order chi connectivity index (χ0) is 22.1. The van der Waals surface area contributed by atoms with Gasteiger partial charge in [-0.25, -0.2) is 9.59 Å². The summed E-state index contributed by atoms with van der Waals surface area (Å²) in [4.78, 5) is 42.4. The van der Waals surface area contributed by atoms with Gasteiger partial charge in [0.15, 0.2) is 12.3 Å². The van der Waals surface area contributed by atoms with E-state index >= 15 is 0 Å². The number of rotatable bonds is 4. The topological polar surface area (TPSA) is 59.1 Å². The summed E-state index contributed by atoms with van der Waals surface area (Å²) in [6, 6.07) is 6.75. The highest BCUT2D eigenvalue weighted by Crippen LogP contribution is 2.25. The Labute approximate surface area is 179 Å². The Morgan fingerprint density at radius 3 is 1.57 bits per heavy atom. The van der Waals surface area contributed by atoms with Crippen LogP contribution in [0.5, 0.6) is 0 Å². The van der Waals surface area contributed by atoms with E-state index < -0.39 is 11.9 Å². The molecule has 4 unspecified atom stereocenters. The van der Waals surface area contributed by atoms with Gasteiger partial charge in [-0.15, -0.1) is 9.29 Å². The normalized spacial score (nSPS) is 33.1. The van der Waals surface area contributed by atoms with Gasteiger partial charge >= 0.3 is 11.9 Å². The molecule has 4 atom stereocenters. The summed E-state index contributed by atoms with van der Waals surface area (Å²) in [6.45, 7) is 7.51. The lowest BCUT2D eigenvalue weighted by atomic mass is 10.1. The number of quaternary nitrogens is 2. The fourth-order valence-corrected chi connectivity index (χ4v) is 4.41. The number of carbonyl (C=O) groups excluding carboxylic acids is 2. The molecule has 2 aliphatic heterocycles. The molecule has 8 nitrogen and oxygen atoms in total. The van der Waals surface area contributed by atoms with Gasteiger partial charge in [0.1, 0.15) is 27.2 Å². The monoisotopic (exact) mass is 420 g/mol. The molecule has 0 saturated carbocycles. The molecule has 0 aromatic heterocycles. The van der Waals surface area contributed by atoms with Crippen LogP contribution in [-0.2, 0) is 9.68 Å². The number of benzene rings is 1. The minimum atomic E-state index is -0.501. The van der Waals surface area contributed by atoms with Crippen molar-refractivity contribution in [3.8, 4) is 0 Å². The molecule has 3 rings (SSSR count). The summed E-state index contributed by atoms with van der Waals surface area (Å²) >= 11 is 0. The van der Waals surface area contributed by atoms with Gasteiger partial charge in [-0.3, -0.25) is 19.5 Å². The Hall–Kier alpha value is -2.00. The fourth-order valence-electron chi connectivity index (χ4n) is 4.41. The minimum Gasteiger partial charge on any atom is -0.270 e. The van der Waals surface area contributed by atoms with Crippen molar-refractivity contribution >= 4 is 11.9 Å². The number of carbonyl (C=O) groups is 2. The van der Waals surface area contributed by atoms with E-state index in [-0.39, 0.29) is 32.8 Å². The quantitative estimate of drug-likeness (QED) is 0.696. The van der Waals surface area contributed by atoms with E-state index in [9.17, 15) is 9.59 Å². The van der Waals surface area contributed by atoms with Gasteiger partial charge < -0.3 is 0 Å². The standard InChI is InChI=1S/C22H36N4O4/c1-17-23(3)13-9-15-25(17,5)29-21(27)19-11-7-8-12-20(19)22(28)30-26(6)16-10-14-24(4)18(26)2/h7-8,11-12,17-18H,9-10,13-16H2,1-6H3/q+2. The van der Waals surface area contributed by atoms with Crippen molar-refractivity contribution in [3.05, 3.63) is 35.4 Å². The van der Waals surface area contributed by atoms with Crippen LogP contribution in [0.3, 0.4) is 0 Å². The van der Waals surface area contributed by atoms with Crippen LogP contribution in [-0.4, -0.2) is 97.7 Å². The lowest BCUT2D eigenvalue weighted by Gasteiger charge is -2.44. The molecule has 0 radical (unpaired) electrons. The van der Waals surface area contributed by atoms with Crippen LogP contribution in [0.25, 0.3) is 0 Å². The van der Waals surface area contributed by atoms with Crippen molar-refractivity contribution in [1.82, 2.24) is 9.80 Å². The van der Waals surface area contributed by atoms with Crippen molar-refractivity contribution in [2.75, 3.05) is 54.4 Å². The molecule has 166 valence electrons. The maximum absolute atomic E-state index is 13.1. The average Bonchev–Trinajstić information content (AvgIpc) is 2.70. The zero-order valence-electron chi connectivity index (χ0n) is 19.1.